The molecule has 1 aliphatic heterocycles. The van der Waals surface area contributed by atoms with Crippen molar-refractivity contribution < 1.29 is 18.4 Å². The molecule has 0 atom stereocenters. The number of aryl methyl sites for hydroxylation is 1. The number of benzene rings is 2. The van der Waals surface area contributed by atoms with Crippen LogP contribution in [0.4, 0.5) is 0 Å². The molecule has 3 rings (SSSR count). The van der Waals surface area contributed by atoms with Crippen molar-refractivity contribution in [2.75, 3.05) is 20.3 Å². The molecule has 0 N–H and O–H groups in total. The molecule has 1 amide bonds. The van der Waals surface area contributed by atoms with Crippen molar-refractivity contribution in [1.29, 1.82) is 0 Å². The summed E-state index contributed by atoms with van der Waals surface area (Å²) in [7, 11) is -2.25. The first-order chi connectivity index (χ1) is 18.4. The van der Waals surface area contributed by atoms with Crippen molar-refractivity contribution >= 4 is 22.5 Å². The lowest BCUT2D eigenvalue weighted by Crippen LogP contribution is -2.48. The summed E-state index contributed by atoms with van der Waals surface area (Å²) in [5, 5.41) is 0.239. The molecule has 0 saturated carbocycles. The molecule has 1 heterocycles. The molecule has 0 spiro atoms. The Morgan fingerprint density at radius 3 is 1.75 bits per heavy atom. The van der Waals surface area contributed by atoms with Gasteiger partial charge >= 0.3 is 0 Å². The van der Waals surface area contributed by atoms with Gasteiger partial charge in [-0.2, -0.15) is 0 Å². The molecular weight excluding hydrogens is 531 g/mol. The number of carbonyl (C=O) groups is 1. The van der Waals surface area contributed by atoms with Crippen LogP contribution in [-0.2, 0) is 20.9 Å². The number of nitrogens with zero attached hydrogens (tertiary/aromatic N) is 1. The van der Waals surface area contributed by atoms with E-state index >= 15 is 0 Å². The number of amides is 1. The van der Waals surface area contributed by atoms with E-state index in [0.717, 1.165) is 40.8 Å². The summed E-state index contributed by atoms with van der Waals surface area (Å²) >= 11 is 0. The summed E-state index contributed by atoms with van der Waals surface area (Å²) in [6, 6.07) is 14.4. The van der Waals surface area contributed by atoms with Crippen LogP contribution in [0.5, 0.6) is 5.75 Å². The van der Waals surface area contributed by atoms with Gasteiger partial charge in [-0.15, -0.1) is 0 Å². The molecule has 5 nitrogen and oxygen atoms in total. The number of fused-ring (bicyclic) bond motifs is 1. The molecule has 0 unspecified atom stereocenters. The van der Waals surface area contributed by atoms with Crippen molar-refractivity contribution in [3.63, 3.8) is 0 Å². The summed E-state index contributed by atoms with van der Waals surface area (Å²) in [5.74, 6) is 0.913. The van der Waals surface area contributed by atoms with Crippen molar-refractivity contribution in [3.05, 3.63) is 64.7 Å². The lowest BCUT2D eigenvalue weighted by atomic mass is 9.82. The predicted molar refractivity (Wildman–Crippen MR) is 171 cm³/mol. The highest BCUT2D eigenvalue weighted by Crippen LogP contribution is 2.48. The highest BCUT2D eigenvalue weighted by atomic mass is 28.4. The van der Waals surface area contributed by atoms with Crippen molar-refractivity contribution in [2.24, 2.45) is 0 Å². The van der Waals surface area contributed by atoms with E-state index in [9.17, 15) is 4.79 Å². The highest BCUT2D eigenvalue weighted by molar-refractivity contribution is 6.74. The van der Waals surface area contributed by atoms with Crippen LogP contribution >= 0.6 is 0 Å². The van der Waals surface area contributed by atoms with Crippen LogP contribution in [-0.4, -0.2) is 47.8 Å². The van der Waals surface area contributed by atoms with Crippen LogP contribution in [0.3, 0.4) is 0 Å². The van der Waals surface area contributed by atoms with Gasteiger partial charge in [0.1, 0.15) is 5.75 Å². The first kappa shape index (κ1) is 32.6. The molecule has 0 aromatic heterocycles. The van der Waals surface area contributed by atoms with Crippen LogP contribution in [0.2, 0.25) is 36.3 Å². The van der Waals surface area contributed by atoms with Crippen molar-refractivity contribution in [1.82, 2.24) is 4.90 Å². The van der Waals surface area contributed by atoms with Crippen LogP contribution in [0.1, 0.15) is 81.4 Å². The smallest absolute Gasteiger partial charge is 0.255 e. The molecule has 2 aromatic rings. The van der Waals surface area contributed by atoms with Gasteiger partial charge in [0.25, 0.3) is 5.91 Å². The van der Waals surface area contributed by atoms with Gasteiger partial charge in [-0.05, 0) is 84.9 Å². The Kier molecular flexibility index (Phi) is 9.57. The zero-order chi connectivity index (χ0) is 30.1. The Bertz CT molecular complexity index is 1140. The average molecular weight is 584 g/mol. The molecule has 0 radical (unpaired) electrons. The first-order valence-corrected chi connectivity index (χ1v) is 20.5. The standard InChI is InChI=1S/C33H53NO4Si2/c1-25-14-13-15-28-29(25)30(35)34(24-26-16-18-27(36-8)19-17-26)33(28,20-22-37-39(9,10)31(2,3)4)21-23-38-40(11,12)32(5,6)7/h13-19H,20-24H2,1-12H3. The minimum absolute atomic E-state index is 0.101. The van der Waals surface area contributed by atoms with E-state index in [1.165, 1.54) is 0 Å². The minimum atomic E-state index is -1.96. The maximum absolute atomic E-state index is 14.2. The Hall–Kier alpha value is -1.94. The average Bonchev–Trinajstić information content (AvgIpc) is 3.07. The number of hydrogen-bond donors (Lipinski definition) is 0. The van der Waals surface area contributed by atoms with E-state index in [4.69, 9.17) is 13.6 Å². The monoisotopic (exact) mass is 583 g/mol. The summed E-state index contributed by atoms with van der Waals surface area (Å²) in [5.41, 5.74) is 3.56. The largest absolute Gasteiger partial charge is 0.497 e. The van der Waals surface area contributed by atoms with E-state index in [2.05, 4.69) is 110 Å². The van der Waals surface area contributed by atoms with Gasteiger partial charge in [0.05, 0.1) is 12.6 Å². The molecule has 0 bridgehead atoms. The molecule has 1 aliphatic rings. The van der Waals surface area contributed by atoms with Crippen LogP contribution < -0.4 is 4.74 Å². The molecule has 2 aromatic carbocycles. The molecular formula is C33H53NO4Si2. The summed E-state index contributed by atoms with van der Waals surface area (Å²) in [6.07, 6.45) is 1.47. The van der Waals surface area contributed by atoms with E-state index < -0.39 is 22.2 Å². The predicted octanol–water partition coefficient (Wildman–Crippen LogP) is 8.68. The quantitative estimate of drug-likeness (QED) is 0.248. The number of rotatable bonds is 11. The second-order valence-electron chi connectivity index (χ2n) is 14.5. The number of methoxy groups -OCH3 is 1. The molecule has 40 heavy (non-hydrogen) atoms. The van der Waals surface area contributed by atoms with Gasteiger partial charge in [0.2, 0.25) is 0 Å². The fourth-order valence-corrected chi connectivity index (χ4v) is 7.09. The van der Waals surface area contributed by atoms with Gasteiger partial charge < -0.3 is 18.5 Å². The fourth-order valence-electron chi connectivity index (χ4n) is 5.00. The zero-order valence-corrected chi connectivity index (χ0v) is 29.2. The van der Waals surface area contributed by atoms with Gasteiger partial charge in [-0.1, -0.05) is 71.9 Å². The third-order valence-electron chi connectivity index (χ3n) is 9.82. The Balaban J connectivity index is 2.05. The lowest BCUT2D eigenvalue weighted by Gasteiger charge is -2.43. The Morgan fingerprint density at radius 1 is 0.800 bits per heavy atom. The summed E-state index contributed by atoms with van der Waals surface area (Å²) in [6.45, 7) is 26.6. The van der Waals surface area contributed by atoms with Gasteiger partial charge in [-0.25, -0.2) is 0 Å². The molecule has 222 valence electrons. The SMILES string of the molecule is COc1ccc(CN2C(=O)c3c(C)cccc3C2(CCO[Si](C)(C)C(C)(C)C)CCO[Si](C)(C)C(C)(C)C)cc1. The van der Waals surface area contributed by atoms with Crippen LogP contribution in [0.25, 0.3) is 0 Å². The van der Waals surface area contributed by atoms with Crippen LogP contribution in [0, 0.1) is 6.92 Å². The fraction of sp³-hybridized carbons (Fsp3) is 0.606. The topological polar surface area (TPSA) is 48.0 Å². The van der Waals surface area contributed by atoms with Crippen molar-refractivity contribution in [3.8, 4) is 5.75 Å². The maximum Gasteiger partial charge on any atom is 0.255 e. The normalized spacial score (nSPS) is 15.9. The van der Waals surface area contributed by atoms with E-state index in [1.807, 2.05) is 12.1 Å². The van der Waals surface area contributed by atoms with E-state index in [1.54, 1.807) is 7.11 Å². The second-order valence-corrected chi connectivity index (χ2v) is 24.1. The molecule has 0 fully saturated rings. The van der Waals surface area contributed by atoms with Crippen LogP contribution in [0.15, 0.2) is 42.5 Å². The van der Waals surface area contributed by atoms with Gasteiger partial charge in [0.15, 0.2) is 16.6 Å². The summed E-state index contributed by atoms with van der Waals surface area (Å²) < 4.78 is 18.9. The van der Waals surface area contributed by atoms with Gasteiger partial charge in [-0.3, -0.25) is 4.79 Å². The van der Waals surface area contributed by atoms with Crippen molar-refractivity contribution in [2.45, 2.75) is 110 Å². The summed E-state index contributed by atoms with van der Waals surface area (Å²) in [4.78, 5) is 16.3. The molecule has 0 aliphatic carbocycles. The van der Waals surface area contributed by atoms with E-state index in [-0.39, 0.29) is 16.0 Å². The first-order valence-electron chi connectivity index (χ1n) is 14.7. The van der Waals surface area contributed by atoms with E-state index in [0.29, 0.717) is 19.8 Å². The number of carbonyl (C=O) groups excluding carboxylic acids is 1. The lowest BCUT2D eigenvalue weighted by molar-refractivity contribution is 0.0343. The van der Waals surface area contributed by atoms with Gasteiger partial charge in [0, 0.05) is 25.3 Å². The maximum atomic E-state index is 14.2. The minimum Gasteiger partial charge on any atom is -0.497 e. The Labute approximate surface area is 245 Å². The molecule has 0 saturated heterocycles. The Morgan fingerprint density at radius 2 is 1.30 bits per heavy atom. The highest BCUT2D eigenvalue weighted by Gasteiger charge is 2.50. The third-order valence-corrected chi connectivity index (χ3v) is 18.9. The zero-order valence-electron chi connectivity index (χ0n) is 27.2. The third kappa shape index (κ3) is 6.58. The second kappa shape index (κ2) is 11.7. The number of ether oxygens (including phenoxy) is 1. The molecule has 7 heteroatoms. The number of hydrogen-bond acceptors (Lipinski definition) is 4.